The molecule has 0 aliphatic heterocycles. The van der Waals surface area contributed by atoms with Gasteiger partial charge in [-0.2, -0.15) is 63.0 Å². The smallest absolute Gasteiger partial charge is 0.391 e. The minimum absolute atomic E-state index is 0.208. The number of aliphatic hydroxyl groups excluding tert-OH is 1. The number of rotatable bonds is 10. The summed E-state index contributed by atoms with van der Waals surface area (Å²) in [6, 6.07) is 0. The van der Waals surface area contributed by atoms with Crippen LogP contribution in [0.4, 0.5) is 48.3 Å². The van der Waals surface area contributed by atoms with Gasteiger partial charge in [0.15, 0.2) is 0 Å². The molecule has 0 amide bonds. The van der Waals surface area contributed by atoms with Crippen LogP contribution in [-0.2, 0) is 0 Å². The second-order valence-electron chi connectivity index (χ2n) is 5.80. The standard InChI is InChI=1S/C13H17F11OS2/c1-9(14,11(16,17)18)2-4-26-6-8(25)7-27-5-3-10(15,12(19,20)21)13(22,23)24/h8,25H,2-7H2,1H3. The molecule has 1 N–H and O–H groups in total. The highest BCUT2D eigenvalue weighted by Crippen LogP contribution is 2.48. The number of thioether (sulfide) groups is 2. The first kappa shape index (κ1) is 26.9. The van der Waals surface area contributed by atoms with E-state index in [4.69, 9.17) is 0 Å². The molecule has 2 atom stereocenters. The van der Waals surface area contributed by atoms with Crippen molar-refractivity contribution in [1.29, 1.82) is 0 Å². The van der Waals surface area contributed by atoms with Gasteiger partial charge in [0.1, 0.15) is 0 Å². The van der Waals surface area contributed by atoms with Crippen molar-refractivity contribution >= 4 is 23.5 Å². The maximum atomic E-state index is 13.3. The van der Waals surface area contributed by atoms with Gasteiger partial charge in [-0.25, -0.2) is 8.78 Å². The Labute approximate surface area is 156 Å². The number of hydrogen-bond acceptors (Lipinski definition) is 3. The molecule has 0 aliphatic rings. The summed E-state index contributed by atoms with van der Waals surface area (Å²) in [5.74, 6) is -1.77. The van der Waals surface area contributed by atoms with Gasteiger partial charge in [-0.1, -0.05) is 0 Å². The second-order valence-corrected chi connectivity index (χ2v) is 8.10. The molecule has 0 aromatic carbocycles. The molecule has 0 fully saturated rings. The fourth-order valence-corrected chi connectivity index (χ4v) is 3.77. The normalized spacial score (nSPS) is 17.7. The molecular formula is C13H17F11OS2. The molecule has 0 spiro atoms. The molecule has 14 heteroatoms. The van der Waals surface area contributed by atoms with Gasteiger partial charge in [0.25, 0.3) is 5.67 Å². The van der Waals surface area contributed by atoms with Crippen LogP contribution in [0.25, 0.3) is 0 Å². The van der Waals surface area contributed by atoms with E-state index in [-0.39, 0.29) is 17.3 Å². The Morgan fingerprint density at radius 2 is 1.04 bits per heavy atom. The average molecular weight is 462 g/mol. The zero-order valence-corrected chi connectivity index (χ0v) is 15.4. The highest BCUT2D eigenvalue weighted by molar-refractivity contribution is 8.00. The van der Waals surface area contributed by atoms with Gasteiger partial charge in [-0.05, 0) is 24.9 Å². The molecule has 2 unspecified atom stereocenters. The molecule has 0 aromatic heterocycles. The molecule has 0 aliphatic carbocycles. The number of aliphatic hydroxyl groups is 1. The fourth-order valence-electron chi connectivity index (χ4n) is 1.55. The van der Waals surface area contributed by atoms with E-state index in [1.54, 1.807) is 0 Å². The molecule has 0 bridgehead atoms. The molecule has 0 heterocycles. The van der Waals surface area contributed by atoms with Gasteiger partial charge in [-0.3, -0.25) is 0 Å². The summed E-state index contributed by atoms with van der Waals surface area (Å²) < 4.78 is 137. The number of hydrogen-bond donors (Lipinski definition) is 1. The Bertz CT molecular complexity index is 431. The topological polar surface area (TPSA) is 20.2 Å². The van der Waals surface area contributed by atoms with E-state index in [1.807, 2.05) is 0 Å². The first-order valence-electron chi connectivity index (χ1n) is 7.27. The lowest BCUT2D eigenvalue weighted by atomic mass is 10.0. The number of halogens is 11. The van der Waals surface area contributed by atoms with Crippen molar-refractivity contribution in [1.82, 2.24) is 0 Å². The molecule has 164 valence electrons. The summed E-state index contributed by atoms with van der Waals surface area (Å²) in [4.78, 5) is 0. The van der Waals surface area contributed by atoms with Crippen LogP contribution in [0.5, 0.6) is 0 Å². The fraction of sp³-hybridized carbons (Fsp3) is 1.00. The third-order valence-corrected chi connectivity index (χ3v) is 5.64. The maximum Gasteiger partial charge on any atom is 0.431 e. The minimum Gasteiger partial charge on any atom is -0.391 e. The van der Waals surface area contributed by atoms with Crippen LogP contribution < -0.4 is 0 Å². The maximum absolute atomic E-state index is 13.3. The van der Waals surface area contributed by atoms with Crippen LogP contribution >= 0.6 is 23.5 Å². The van der Waals surface area contributed by atoms with Gasteiger partial charge in [0.2, 0.25) is 5.67 Å². The summed E-state index contributed by atoms with van der Waals surface area (Å²) in [6.07, 6.45) is -21.4. The van der Waals surface area contributed by atoms with Crippen molar-refractivity contribution < 1.29 is 53.4 Å². The predicted molar refractivity (Wildman–Crippen MR) is 81.4 cm³/mol. The molecular weight excluding hydrogens is 445 g/mol. The predicted octanol–water partition coefficient (Wildman–Crippen LogP) is 5.72. The van der Waals surface area contributed by atoms with Crippen molar-refractivity contribution in [2.24, 2.45) is 0 Å². The monoisotopic (exact) mass is 462 g/mol. The van der Waals surface area contributed by atoms with E-state index < -0.39 is 54.6 Å². The highest BCUT2D eigenvalue weighted by Gasteiger charge is 2.71. The van der Waals surface area contributed by atoms with Crippen LogP contribution in [0.3, 0.4) is 0 Å². The molecule has 0 radical (unpaired) electrons. The van der Waals surface area contributed by atoms with E-state index >= 15 is 0 Å². The third kappa shape index (κ3) is 8.03. The van der Waals surface area contributed by atoms with E-state index in [2.05, 4.69) is 0 Å². The van der Waals surface area contributed by atoms with Crippen molar-refractivity contribution in [2.75, 3.05) is 23.0 Å². The summed E-state index contributed by atoms with van der Waals surface area (Å²) in [6.45, 7) is 0.352. The van der Waals surface area contributed by atoms with Crippen LogP contribution in [0.15, 0.2) is 0 Å². The van der Waals surface area contributed by atoms with E-state index in [0.29, 0.717) is 18.7 Å². The highest BCUT2D eigenvalue weighted by atomic mass is 32.2. The third-order valence-electron chi connectivity index (χ3n) is 3.42. The van der Waals surface area contributed by atoms with Gasteiger partial charge < -0.3 is 5.11 Å². The first-order valence-corrected chi connectivity index (χ1v) is 9.57. The van der Waals surface area contributed by atoms with E-state index in [9.17, 15) is 53.4 Å². The Hall–Kier alpha value is -0.110. The Morgan fingerprint density at radius 1 is 0.667 bits per heavy atom. The first-order chi connectivity index (χ1) is 11.9. The van der Waals surface area contributed by atoms with Crippen LogP contribution in [0.2, 0.25) is 0 Å². The van der Waals surface area contributed by atoms with Crippen LogP contribution in [0, 0.1) is 0 Å². The Kier molecular flexibility index (Phi) is 9.55. The molecule has 27 heavy (non-hydrogen) atoms. The van der Waals surface area contributed by atoms with Crippen molar-refractivity contribution in [2.45, 2.75) is 55.7 Å². The summed E-state index contributed by atoms with van der Waals surface area (Å²) in [5.41, 5.74) is -8.78. The van der Waals surface area contributed by atoms with Crippen molar-refractivity contribution in [3.8, 4) is 0 Å². The van der Waals surface area contributed by atoms with E-state index in [0.717, 1.165) is 11.8 Å². The lowest BCUT2D eigenvalue weighted by Gasteiger charge is -2.29. The average Bonchev–Trinajstić information content (AvgIpc) is 2.44. The zero-order valence-electron chi connectivity index (χ0n) is 13.7. The van der Waals surface area contributed by atoms with Gasteiger partial charge >= 0.3 is 18.5 Å². The largest absolute Gasteiger partial charge is 0.431 e. The van der Waals surface area contributed by atoms with Crippen molar-refractivity contribution in [3.63, 3.8) is 0 Å². The number of alkyl halides is 11. The van der Waals surface area contributed by atoms with Gasteiger partial charge in [0, 0.05) is 17.9 Å². The lowest BCUT2D eigenvalue weighted by Crippen LogP contribution is -2.53. The van der Waals surface area contributed by atoms with Gasteiger partial charge in [0.05, 0.1) is 6.10 Å². The van der Waals surface area contributed by atoms with Gasteiger partial charge in [-0.15, -0.1) is 0 Å². The molecule has 1 nitrogen and oxygen atoms in total. The second kappa shape index (κ2) is 9.59. The van der Waals surface area contributed by atoms with Crippen molar-refractivity contribution in [3.05, 3.63) is 0 Å². The van der Waals surface area contributed by atoms with E-state index in [1.165, 1.54) is 0 Å². The summed E-state index contributed by atoms with van der Waals surface area (Å²) in [7, 11) is 0. The van der Waals surface area contributed by atoms with Crippen LogP contribution in [0.1, 0.15) is 19.8 Å². The minimum atomic E-state index is -6.14. The SMILES string of the molecule is CC(F)(CCSCC(O)CSCCC(F)(C(F)(F)F)C(F)(F)F)C(F)(F)F. The zero-order chi connectivity index (χ0) is 21.7. The Balaban J connectivity index is 4.23. The quantitative estimate of drug-likeness (QED) is 0.332. The molecule has 0 aromatic rings. The summed E-state index contributed by atoms with van der Waals surface area (Å²) >= 11 is 1.17. The molecule has 0 saturated carbocycles. The Morgan fingerprint density at radius 3 is 1.37 bits per heavy atom. The summed E-state index contributed by atoms with van der Waals surface area (Å²) in [5, 5.41) is 9.49. The molecule has 0 rings (SSSR count). The lowest BCUT2D eigenvalue weighted by molar-refractivity contribution is -0.341. The molecule has 0 saturated heterocycles. The van der Waals surface area contributed by atoms with Crippen LogP contribution in [-0.4, -0.2) is 64.1 Å².